The Morgan fingerprint density at radius 1 is 1.44 bits per heavy atom. The molecule has 0 aliphatic heterocycles. The van der Waals surface area contributed by atoms with Gasteiger partial charge in [-0.15, -0.1) is 0 Å². The summed E-state index contributed by atoms with van der Waals surface area (Å²) in [5.74, 6) is 0.942. The van der Waals surface area contributed by atoms with Crippen molar-refractivity contribution in [2.45, 2.75) is 39.2 Å². The van der Waals surface area contributed by atoms with Crippen molar-refractivity contribution in [3.63, 3.8) is 0 Å². The Bertz CT molecular complexity index is 555. The molecular weight excluding hydrogens is 266 g/mol. The van der Waals surface area contributed by atoms with Gasteiger partial charge in [0.15, 0.2) is 0 Å². The molecule has 4 heteroatoms. The van der Waals surface area contributed by atoms with Gasteiger partial charge in [-0.2, -0.15) is 0 Å². The quantitative estimate of drug-likeness (QED) is 0.844. The number of aryl methyl sites for hydroxylation is 2. The standard InChI is InChI=1S/C12H14BrN3/c1-3-10-14-7(2)11-9(13)6-16(8-4-5-8)12(11)15-10/h6,8H,3-5H2,1-2H3. The molecular formula is C12H14BrN3. The molecule has 0 bridgehead atoms. The van der Waals surface area contributed by atoms with Gasteiger partial charge in [0.2, 0.25) is 0 Å². The molecule has 16 heavy (non-hydrogen) atoms. The summed E-state index contributed by atoms with van der Waals surface area (Å²) in [7, 11) is 0. The summed E-state index contributed by atoms with van der Waals surface area (Å²) in [6.07, 6.45) is 5.61. The summed E-state index contributed by atoms with van der Waals surface area (Å²) in [6, 6.07) is 0.660. The van der Waals surface area contributed by atoms with Crippen molar-refractivity contribution >= 4 is 27.0 Å². The van der Waals surface area contributed by atoms with Gasteiger partial charge in [0.25, 0.3) is 0 Å². The molecule has 0 N–H and O–H groups in total. The highest BCUT2D eigenvalue weighted by Crippen LogP contribution is 2.40. The van der Waals surface area contributed by atoms with E-state index in [2.05, 4.69) is 50.5 Å². The van der Waals surface area contributed by atoms with Crippen LogP contribution in [0.15, 0.2) is 10.7 Å². The van der Waals surface area contributed by atoms with Crippen LogP contribution in [-0.2, 0) is 6.42 Å². The fourth-order valence-corrected chi connectivity index (χ4v) is 2.80. The zero-order chi connectivity index (χ0) is 11.3. The highest BCUT2D eigenvalue weighted by atomic mass is 79.9. The average molecular weight is 280 g/mol. The summed E-state index contributed by atoms with van der Waals surface area (Å²) in [6.45, 7) is 4.16. The van der Waals surface area contributed by atoms with Crippen LogP contribution in [0.4, 0.5) is 0 Å². The third-order valence-corrected chi connectivity index (χ3v) is 3.71. The van der Waals surface area contributed by atoms with Gasteiger partial charge in [-0.05, 0) is 35.7 Å². The lowest BCUT2D eigenvalue weighted by atomic mass is 10.3. The molecule has 3 rings (SSSR count). The zero-order valence-corrected chi connectivity index (χ0v) is 11.1. The predicted molar refractivity (Wildman–Crippen MR) is 67.6 cm³/mol. The first kappa shape index (κ1) is 10.3. The molecule has 84 valence electrons. The first-order valence-electron chi connectivity index (χ1n) is 5.74. The van der Waals surface area contributed by atoms with Crippen LogP contribution in [0.25, 0.3) is 11.0 Å². The van der Waals surface area contributed by atoms with Gasteiger partial charge < -0.3 is 4.57 Å². The van der Waals surface area contributed by atoms with Gasteiger partial charge in [0.1, 0.15) is 11.5 Å². The Balaban J connectivity index is 2.32. The van der Waals surface area contributed by atoms with Crippen molar-refractivity contribution in [3.8, 4) is 0 Å². The molecule has 0 atom stereocenters. The first-order valence-corrected chi connectivity index (χ1v) is 6.53. The molecule has 0 spiro atoms. The molecule has 1 saturated carbocycles. The molecule has 1 aliphatic rings. The first-order chi connectivity index (χ1) is 7.70. The Morgan fingerprint density at radius 3 is 2.81 bits per heavy atom. The van der Waals surface area contributed by atoms with Gasteiger partial charge >= 0.3 is 0 Å². The van der Waals surface area contributed by atoms with Crippen molar-refractivity contribution in [1.82, 2.24) is 14.5 Å². The monoisotopic (exact) mass is 279 g/mol. The van der Waals surface area contributed by atoms with Crippen LogP contribution < -0.4 is 0 Å². The van der Waals surface area contributed by atoms with Gasteiger partial charge in [-0.3, -0.25) is 0 Å². The van der Waals surface area contributed by atoms with E-state index in [0.29, 0.717) is 6.04 Å². The van der Waals surface area contributed by atoms with Crippen molar-refractivity contribution in [3.05, 3.63) is 22.2 Å². The number of aromatic nitrogens is 3. The molecule has 1 aliphatic carbocycles. The SMILES string of the molecule is CCc1nc(C)c2c(Br)cn(C3CC3)c2n1. The highest BCUT2D eigenvalue weighted by Gasteiger charge is 2.27. The third-order valence-electron chi connectivity index (χ3n) is 3.11. The minimum absolute atomic E-state index is 0.660. The average Bonchev–Trinajstić information content (AvgIpc) is 3.04. The van der Waals surface area contributed by atoms with E-state index in [1.807, 2.05) is 0 Å². The number of rotatable bonds is 2. The zero-order valence-electron chi connectivity index (χ0n) is 9.50. The second kappa shape index (κ2) is 3.55. The maximum atomic E-state index is 4.66. The van der Waals surface area contributed by atoms with Crippen LogP contribution >= 0.6 is 15.9 Å². The van der Waals surface area contributed by atoms with E-state index in [0.717, 1.165) is 28.1 Å². The van der Waals surface area contributed by atoms with E-state index in [-0.39, 0.29) is 0 Å². The third kappa shape index (κ3) is 1.47. The van der Waals surface area contributed by atoms with E-state index >= 15 is 0 Å². The van der Waals surface area contributed by atoms with E-state index < -0.39 is 0 Å². The van der Waals surface area contributed by atoms with E-state index in [9.17, 15) is 0 Å². The summed E-state index contributed by atoms with van der Waals surface area (Å²) >= 11 is 3.61. The molecule has 0 unspecified atom stereocenters. The minimum Gasteiger partial charge on any atom is -0.328 e. The largest absolute Gasteiger partial charge is 0.328 e. The molecule has 0 saturated heterocycles. The number of hydrogen-bond acceptors (Lipinski definition) is 2. The lowest BCUT2D eigenvalue weighted by molar-refractivity contribution is 0.758. The maximum absolute atomic E-state index is 4.66. The van der Waals surface area contributed by atoms with Crippen molar-refractivity contribution in [2.75, 3.05) is 0 Å². The van der Waals surface area contributed by atoms with Crippen LogP contribution in [0.1, 0.15) is 37.3 Å². The molecule has 0 radical (unpaired) electrons. The maximum Gasteiger partial charge on any atom is 0.145 e. The minimum atomic E-state index is 0.660. The van der Waals surface area contributed by atoms with Crippen molar-refractivity contribution in [1.29, 1.82) is 0 Å². The normalized spacial score (nSPS) is 15.9. The van der Waals surface area contributed by atoms with Gasteiger partial charge in [0.05, 0.1) is 11.1 Å². The second-order valence-electron chi connectivity index (χ2n) is 4.39. The molecule has 3 nitrogen and oxygen atoms in total. The van der Waals surface area contributed by atoms with Crippen LogP contribution in [0.2, 0.25) is 0 Å². The molecule has 0 aromatic carbocycles. The Hall–Kier alpha value is -0.900. The fraction of sp³-hybridized carbons (Fsp3) is 0.500. The number of fused-ring (bicyclic) bond motifs is 1. The summed E-state index contributed by atoms with van der Waals surface area (Å²) in [4.78, 5) is 9.18. The smallest absolute Gasteiger partial charge is 0.145 e. The number of nitrogens with zero attached hydrogens (tertiary/aromatic N) is 3. The van der Waals surface area contributed by atoms with Gasteiger partial charge in [-0.25, -0.2) is 9.97 Å². The topological polar surface area (TPSA) is 30.7 Å². The molecule has 0 amide bonds. The van der Waals surface area contributed by atoms with Crippen LogP contribution in [0, 0.1) is 6.92 Å². The molecule has 2 aromatic heterocycles. The van der Waals surface area contributed by atoms with Crippen LogP contribution in [0.5, 0.6) is 0 Å². The second-order valence-corrected chi connectivity index (χ2v) is 5.25. The highest BCUT2D eigenvalue weighted by molar-refractivity contribution is 9.10. The van der Waals surface area contributed by atoms with Crippen LogP contribution in [-0.4, -0.2) is 14.5 Å². The van der Waals surface area contributed by atoms with Crippen molar-refractivity contribution in [2.24, 2.45) is 0 Å². The lowest BCUT2D eigenvalue weighted by Crippen LogP contribution is -2.00. The number of halogens is 1. The summed E-state index contributed by atoms with van der Waals surface area (Å²) in [5, 5.41) is 1.17. The van der Waals surface area contributed by atoms with Crippen LogP contribution in [0.3, 0.4) is 0 Å². The van der Waals surface area contributed by atoms with E-state index in [1.165, 1.54) is 18.2 Å². The van der Waals surface area contributed by atoms with Gasteiger partial charge in [0, 0.05) is 23.1 Å². The fourth-order valence-electron chi connectivity index (χ4n) is 2.12. The van der Waals surface area contributed by atoms with Gasteiger partial charge in [-0.1, -0.05) is 6.92 Å². The molecule has 1 fully saturated rings. The molecule has 2 heterocycles. The van der Waals surface area contributed by atoms with E-state index in [1.54, 1.807) is 0 Å². The molecule has 2 aromatic rings. The number of hydrogen-bond donors (Lipinski definition) is 0. The summed E-state index contributed by atoms with van der Waals surface area (Å²) < 4.78 is 3.42. The summed E-state index contributed by atoms with van der Waals surface area (Å²) in [5.41, 5.74) is 2.17. The Kier molecular flexibility index (Phi) is 2.28. The van der Waals surface area contributed by atoms with Crippen molar-refractivity contribution < 1.29 is 0 Å². The Morgan fingerprint density at radius 2 is 2.19 bits per heavy atom. The predicted octanol–water partition coefficient (Wildman–Crippen LogP) is 3.40. The lowest BCUT2D eigenvalue weighted by Gasteiger charge is -2.04. The Labute approximate surface area is 103 Å². The van der Waals surface area contributed by atoms with E-state index in [4.69, 9.17) is 0 Å².